The molecule has 0 spiro atoms. The molecule has 1 atom stereocenters. The van der Waals surface area contributed by atoms with Gasteiger partial charge in [0.2, 0.25) is 0 Å². The summed E-state index contributed by atoms with van der Waals surface area (Å²) in [5.74, 6) is 0. The summed E-state index contributed by atoms with van der Waals surface area (Å²) in [5.41, 5.74) is 3.67. The largest absolute Gasteiger partial charge is 0.252 e. The predicted molar refractivity (Wildman–Crippen MR) is 79.6 cm³/mol. The highest BCUT2D eigenvalue weighted by Gasteiger charge is 2.16. The number of aromatic nitrogens is 3. The number of nitrogens with zero attached hydrogens (tertiary/aromatic N) is 5. The Morgan fingerprint density at radius 3 is 2.80 bits per heavy atom. The van der Waals surface area contributed by atoms with Crippen molar-refractivity contribution in [3.8, 4) is 0 Å². The van der Waals surface area contributed by atoms with Crippen LogP contribution in [0, 0.1) is 0 Å². The molecule has 1 aliphatic heterocycles. The first kappa shape index (κ1) is 13.3. The molecule has 0 saturated carbocycles. The van der Waals surface area contributed by atoms with Crippen LogP contribution in [0.3, 0.4) is 0 Å². The molecule has 1 aliphatic rings. The Morgan fingerprint density at radius 2 is 2.15 bits per heavy atom. The first-order chi connectivity index (χ1) is 9.85. The molecule has 0 radical (unpaired) electrons. The van der Waals surface area contributed by atoms with Gasteiger partial charge in [0.15, 0.2) is 0 Å². The van der Waals surface area contributed by atoms with Crippen molar-refractivity contribution >= 4 is 11.9 Å². The van der Waals surface area contributed by atoms with E-state index in [2.05, 4.69) is 51.1 Å². The Labute approximate surface area is 122 Å². The summed E-state index contributed by atoms with van der Waals surface area (Å²) in [4.78, 5) is 0. The van der Waals surface area contributed by atoms with E-state index in [0.29, 0.717) is 5.25 Å². The second-order valence-corrected chi connectivity index (χ2v) is 5.76. The molecule has 1 aromatic carbocycles. The van der Waals surface area contributed by atoms with Crippen LogP contribution in [0.2, 0.25) is 0 Å². The Bertz CT molecular complexity index is 582. The zero-order valence-corrected chi connectivity index (χ0v) is 12.3. The highest BCUT2D eigenvalue weighted by atomic mass is 32.2. The Morgan fingerprint density at radius 1 is 1.30 bits per heavy atom. The molecule has 0 bridgehead atoms. The van der Waals surface area contributed by atoms with Gasteiger partial charge in [-0.1, -0.05) is 36.4 Å². The van der Waals surface area contributed by atoms with Gasteiger partial charge in [-0.15, -0.1) is 9.62 Å². The van der Waals surface area contributed by atoms with Crippen LogP contribution in [0.5, 0.6) is 0 Å². The van der Waals surface area contributed by atoms with Crippen LogP contribution in [0.15, 0.2) is 40.1 Å². The minimum Gasteiger partial charge on any atom is -0.252 e. The summed E-state index contributed by atoms with van der Waals surface area (Å²) in [6.45, 7) is 3.75. The van der Waals surface area contributed by atoms with Crippen molar-refractivity contribution in [1.29, 1.82) is 0 Å². The van der Waals surface area contributed by atoms with Gasteiger partial charge >= 0.3 is 0 Å². The number of aryl methyl sites for hydroxylation is 3. The average molecular weight is 287 g/mol. The molecular weight excluding hydrogens is 270 g/mol. The number of hydrogen-bond donors (Lipinski definition) is 0. The molecule has 3 rings (SSSR count). The van der Waals surface area contributed by atoms with Gasteiger partial charge in [0.1, 0.15) is 0 Å². The van der Waals surface area contributed by atoms with Crippen molar-refractivity contribution in [2.45, 2.75) is 31.6 Å². The van der Waals surface area contributed by atoms with Crippen LogP contribution in [-0.4, -0.2) is 21.5 Å². The molecule has 1 aromatic heterocycles. The molecule has 5 nitrogen and oxygen atoms in total. The highest BCUT2D eigenvalue weighted by Crippen LogP contribution is 2.34. The molecule has 0 saturated heterocycles. The van der Waals surface area contributed by atoms with Crippen LogP contribution in [0.1, 0.15) is 29.0 Å². The second-order valence-electron chi connectivity index (χ2n) is 4.82. The van der Waals surface area contributed by atoms with Crippen LogP contribution >= 0.6 is 11.9 Å². The topological polar surface area (TPSA) is 55.4 Å². The molecule has 0 aliphatic carbocycles. The van der Waals surface area contributed by atoms with Crippen LogP contribution in [0.25, 0.3) is 0 Å². The molecule has 20 heavy (non-hydrogen) atoms. The van der Waals surface area contributed by atoms with Gasteiger partial charge in [-0.2, -0.15) is 5.11 Å². The molecule has 0 fully saturated rings. The summed E-state index contributed by atoms with van der Waals surface area (Å²) in [7, 11) is 0. The van der Waals surface area contributed by atoms with Crippen molar-refractivity contribution in [3.63, 3.8) is 0 Å². The smallest absolute Gasteiger partial charge is 0.0824 e. The maximum Gasteiger partial charge on any atom is 0.0824 e. The quantitative estimate of drug-likeness (QED) is 0.793. The summed E-state index contributed by atoms with van der Waals surface area (Å²) in [5, 5.41) is 12.6. The van der Waals surface area contributed by atoms with Gasteiger partial charge in [-0.3, -0.25) is 4.68 Å². The van der Waals surface area contributed by atoms with Crippen LogP contribution in [-0.2, 0) is 19.4 Å². The zero-order valence-electron chi connectivity index (χ0n) is 11.4. The van der Waals surface area contributed by atoms with Gasteiger partial charge in [-0.25, -0.2) is 0 Å². The SMILES string of the molecule is CCc1cn(CCc2ccc(C3CN=NS3)cc2)nn1. The summed E-state index contributed by atoms with van der Waals surface area (Å²) in [6, 6.07) is 8.74. The normalized spacial score (nSPS) is 17.8. The van der Waals surface area contributed by atoms with Gasteiger partial charge in [0, 0.05) is 24.7 Å². The minimum atomic E-state index is 0.395. The van der Waals surface area contributed by atoms with E-state index >= 15 is 0 Å². The summed E-state index contributed by atoms with van der Waals surface area (Å²) >= 11 is 1.55. The van der Waals surface area contributed by atoms with E-state index in [1.54, 1.807) is 11.9 Å². The maximum absolute atomic E-state index is 4.12. The van der Waals surface area contributed by atoms with Gasteiger partial charge in [0.05, 0.1) is 17.5 Å². The third-order valence-corrected chi connectivity index (χ3v) is 4.29. The molecule has 6 heteroatoms. The van der Waals surface area contributed by atoms with Crippen molar-refractivity contribution in [2.75, 3.05) is 6.54 Å². The third-order valence-electron chi connectivity index (χ3n) is 3.41. The van der Waals surface area contributed by atoms with Gasteiger partial charge in [0.25, 0.3) is 0 Å². The van der Waals surface area contributed by atoms with Crippen molar-refractivity contribution in [3.05, 3.63) is 47.3 Å². The van der Waals surface area contributed by atoms with Gasteiger partial charge in [-0.05, 0) is 24.0 Å². The standard InChI is InChI=1S/C14H17N5S/c1-2-13-10-19(17-16-13)8-7-11-3-5-12(6-4-11)14-9-15-18-20-14/h3-6,10,14H,2,7-9H2,1H3. The zero-order chi connectivity index (χ0) is 13.8. The fourth-order valence-electron chi connectivity index (χ4n) is 2.15. The van der Waals surface area contributed by atoms with E-state index in [0.717, 1.165) is 31.6 Å². The van der Waals surface area contributed by atoms with Crippen LogP contribution < -0.4 is 0 Å². The van der Waals surface area contributed by atoms with Gasteiger partial charge < -0.3 is 0 Å². The van der Waals surface area contributed by atoms with Crippen molar-refractivity contribution in [1.82, 2.24) is 15.0 Å². The maximum atomic E-state index is 4.12. The van der Waals surface area contributed by atoms with Crippen molar-refractivity contribution < 1.29 is 0 Å². The average Bonchev–Trinajstić information content (AvgIpc) is 3.17. The molecule has 104 valence electrons. The lowest BCUT2D eigenvalue weighted by Gasteiger charge is -2.07. The highest BCUT2D eigenvalue weighted by molar-refractivity contribution is 7.98. The lowest BCUT2D eigenvalue weighted by atomic mass is 10.1. The Kier molecular flexibility index (Phi) is 4.11. The molecule has 2 heterocycles. The lowest BCUT2D eigenvalue weighted by Crippen LogP contribution is -2.02. The Hall–Kier alpha value is -1.69. The fourth-order valence-corrected chi connectivity index (χ4v) is 2.81. The first-order valence-corrected chi connectivity index (χ1v) is 7.69. The minimum absolute atomic E-state index is 0.395. The Balaban J connectivity index is 1.57. The van der Waals surface area contributed by atoms with Crippen LogP contribution in [0.4, 0.5) is 0 Å². The molecule has 0 N–H and O–H groups in total. The number of rotatable bonds is 5. The summed E-state index contributed by atoms with van der Waals surface area (Å²) < 4.78 is 5.89. The monoisotopic (exact) mass is 287 g/mol. The fraction of sp³-hybridized carbons (Fsp3) is 0.429. The molecule has 2 aromatic rings. The van der Waals surface area contributed by atoms with Crippen molar-refractivity contribution in [2.24, 2.45) is 9.63 Å². The predicted octanol–water partition coefficient (Wildman–Crippen LogP) is 3.24. The van der Waals surface area contributed by atoms with E-state index in [-0.39, 0.29) is 0 Å². The van der Waals surface area contributed by atoms with E-state index in [1.165, 1.54) is 11.1 Å². The second kappa shape index (κ2) is 6.17. The third kappa shape index (κ3) is 3.07. The summed E-state index contributed by atoms with van der Waals surface area (Å²) in [6.07, 6.45) is 3.93. The number of benzene rings is 1. The molecule has 1 unspecified atom stereocenters. The van der Waals surface area contributed by atoms with E-state index in [9.17, 15) is 0 Å². The molecule has 0 amide bonds. The lowest BCUT2D eigenvalue weighted by molar-refractivity contribution is 0.589. The van der Waals surface area contributed by atoms with E-state index in [4.69, 9.17) is 0 Å². The van der Waals surface area contributed by atoms with E-state index in [1.807, 2.05) is 10.9 Å². The number of hydrogen-bond acceptors (Lipinski definition) is 5. The van der Waals surface area contributed by atoms with E-state index < -0.39 is 0 Å². The molecular formula is C14H17N5S. The first-order valence-electron chi connectivity index (χ1n) is 6.85.